The summed E-state index contributed by atoms with van der Waals surface area (Å²) in [5, 5.41) is 5.45. The van der Waals surface area contributed by atoms with Gasteiger partial charge in [-0.25, -0.2) is 0 Å². The summed E-state index contributed by atoms with van der Waals surface area (Å²) >= 11 is 0. The van der Waals surface area contributed by atoms with E-state index in [-0.39, 0.29) is 29.3 Å². The molecule has 10 heteroatoms. The third kappa shape index (κ3) is 17.0. The van der Waals surface area contributed by atoms with Gasteiger partial charge in [0.15, 0.2) is 5.78 Å². The van der Waals surface area contributed by atoms with Gasteiger partial charge >= 0.3 is 0 Å². The van der Waals surface area contributed by atoms with Gasteiger partial charge in [-0.2, -0.15) is 0 Å². The van der Waals surface area contributed by atoms with E-state index in [1.165, 1.54) is 49.3 Å². The van der Waals surface area contributed by atoms with Crippen LogP contribution in [0.5, 0.6) is 0 Å². The molecule has 2 amide bonds. The maximum absolute atomic E-state index is 12.2. The molecule has 0 aromatic heterocycles. The molecule has 1 fully saturated rings. The van der Waals surface area contributed by atoms with Crippen LogP contribution in [0.25, 0.3) is 0 Å². The van der Waals surface area contributed by atoms with E-state index in [0.717, 1.165) is 51.6 Å². The number of nitrogens with zero attached hydrogens (tertiary/aromatic N) is 2. The van der Waals surface area contributed by atoms with Crippen LogP contribution in [0.3, 0.4) is 0 Å². The summed E-state index contributed by atoms with van der Waals surface area (Å²) in [6.07, 6.45) is 15.7. The van der Waals surface area contributed by atoms with Gasteiger partial charge in [0, 0.05) is 12.5 Å². The van der Waals surface area contributed by atoms with Crippen molar-refractivity contribution in [1.29, 1.82) is 0 Å². The van der Waals surface area contributed by atoms with Crippen LogP contribution in [0.1, 0.15) is 136 Å². The predicted octanol–water partition coefficient (Wildman–Crippen LogP) is 6.52. The monoisotopic (exact) mass is 713 g/mol. The molecular weight excluding hydrogens is 644 g/mol. The van der Waals surface area contributed by atoms with Crippen LogP contribution in [-0.4, -0.2) is 78.8 Å². The molecule has 2 aliphatic heterocycles. The number of aryl methyl sites for hydroxylation is 1. The number of ketones is 1. The molecule has 0 saturated carbocycles. The van der Waals surface area contributed by atoms with Crippen LogP contribution in [0.2, 0.25) is 0 Å². The van der Waals surface area contributed by atoms with Crippen molar-refractivity contribution in [1.82, 2.24) is 20.4 Å². The maximum Gasteiger partial charge on any atom is 0.293 e. The van der Waals surface area contributed by atoms with Crippen LogP contribution >= 0.6 is 0 Å². The quantitative estimate of drug-likeness (QED) is 0.0946. The highest BCUT2D eigenvalue weighted by Gasteiger charge is 2.33. The van der Waals surface area contributed by atoms with Crippen LogP contribution in [0.15, 0.2) is 18.2 Å². The largest absolute Gasteiger partial charge is 0.467 e. The SMILES string of the molecule is CCCCCC.CCC[C@@](C)(NC=O)C(C)=O.CNCC(=O)N1C[C@H](OC#CN2Cc3cccc(CCCCC(C)(C)COC=O)c3C2)CC1C. The second kappa shape index (κ2) is 24.6. The van der Waals surface area contributed by atoms with Crippen molar-refractivity contribution < 1.29 is 28.7 Å². The number of likely N-dealkylation sites (tertiary alicyclic amines) is 1. The van der Waals surface area contributed by atoms with Crippen molar-refractivity contribution in [3.63, 3.8) is 0 Å². The number of carbonyl (C=O) groups is 4. The molecule has 2 N–H and O–H groups in total. The number of likely N-dealkylation sites (N-methyl/N-ethyl adjacent to an activating group) is 1. The smallest absolute Gasteiger partial charge is 0.293 e. The summed E-state index contributed by atoms with van der Waals surface area (Å²) in [7, 11) is 1.78. The van der Waals surface area contributed by atoms with Crippen LogP contribution in [0.4, 0.5) is 0 Å². The first-order valence-corrected chi connectivity index (χ1v) is 19.0. The Morgan fingerprint density at radius 2 is 1.71 bits per heavy atom. The highest BCUT2D eigenvalue weighted by molar-refractivity contribution is 5.87. The lowest BCUT2D eigenvalue weighted by Crippen LogP contribution is -2.47. The van der Waals surface area contributed by atoms with Gasteiger partial charge in [0.2, 0.25) is 12.3 Å². The average molecular weight is 713 g/mol. The average Bonchev–Trinajstić information content (AvgIpc) is 3.68. The molecule has 0 bridgehead atoms. The fourth-order valence-electron chi connectivity index (χ4n) is 6.38. The molecule has 1 unspecified atom stereocenters. The lowest BCUT2D eigenvalue weighted by Gasteiger charge is -2.24. The normalized spacial score (nSPS) is 17.3. The van der Waals surface area contributed by atoms with Crippen LogP contribution < -0.4 is 10.6 Å². The first-order valence-electron chi connectivity index (χ1n) is 19.0. The van der Waals surface area contributed by atoms with E-state index < -0.39 is 5.54 Å². The molecule has 0 aliphatic carbocycles. The molecule has 2 heterocycles. The molecule has 1 saturated heterocycles. The standard InChI is InChI=1S/C27H39N3O4.C8H15NO2.C6H14/c1-21-14-24(17-30(21)26(32)15-28-4)34-13-12-29-16-23-10-7-9-22(25(23)18-29)8-5-6-11-27(2,3)19-33-20-31;1-4-5-8(3,7(2)11)9-6-10;1-3-5-6-4-2/h7,9-10,20-21,24,28H,5-6,8,11,14-19H2,1-4H3;6H,4-5H2,1-3H3,(H,9,10);3-6H2,1-2H3/t21?,24-;8-;/m11./s1. The number of unbranched alkanes of at least 4 members (excludes halogenated alkanes) is 4. The number of ether oxygens (including phenoxy) is 2. The highest BCUT2D eigenvalue weighted by atomic mass is 16.5. The molecule has 1 aromatic rings. The van der Waals surface area contributed by atoms with Gasteiger partial charge in [-0.05, 0) is 75.6 Å². The van der Waals surface area contributed by atoms with Gasteiger partial charge < -0.3 is 29.9 Å². The molecule has 2 aliphatic rings. The summed E-state index contributed by atoms with van der Waals surface area (Å²) in [6, 6.07) is 9.90. The van der Waals surface area contributed by atoms with Gasteiger partial charge in [-0.1, -0.05) is 91.3 Å². The minimum atomic E-state index is -0.656. The van der Waals surface area contributed by atoms with Crippen LogP contribution in [-0.2, 0) is 48.2 Å². The zero-order valence-corrected chi connectivity index (χ0v) is 33.2. The first-order chi connectivity index (χ1) is 24.3. The van der Waals surface area contributed by atoms with E-state index in [9.17, 15) is 19.2 Å². The van der Waals surface area contributed by atoms with E-state index in [1.807, 2.05) is 11.8 Å². The van der Waals surface area contributed by atoms with Gasteiger partial charge in [0.1, 0.15) is 12.2 Å². The number of carbonyl (C=O) groups excluding carboxylic acids is 4. The second-order valence-corrected chi connectivity index (χ2v) is 14.9. The van der Waals surface area contributed by atoms with Crippen molar-refractivity contribution in [2.75, 3.05) is 26.7 Å². The fourth-order valence-corrected chi connectivity index (χ4v) is 6.38. The summed E-state index contributed by atoms with van der Waals surface area (Å²) in [4.78, 5) is 47.8. The van der Waals surface area contributed by atoms with E-state index in [2.05, 4.69) is 80.5 Å². The van der Waals surface area contributed by atoms with Crippen LogP contribution in [0, 0.1) is 17.6 Å². The van der Waals surface area contributed by atoms with Crippen molar-refractivity contribution >= 4 is 24.6 Å². The molecule has 0 spiro atoms. The Hall–Kier alpha value is -3.58. The van der Waals surface area contributed by atoms with Crippen molar-refractivity contribution in [2.24, 2.45) is 5.41 Å². The number of amides is 2. The zero-order chi connectivity index (χ0) is 38.3. The summed E-state index contributed by atoms with van der Waals surface area (Å²) in [6.45, 7) is 19.6. The summed E-state index contributed by atoms with van der Waals surface area (Å²) in [5.74, 6) is 0.112. The third-order valence-corrected chi connectivity index (χ3v) is 9.65. The van der Waals surface area contributed by atoms with Gasteiger partial charge in [-0.3, -0.25) is 19.2 Å². The van der Waals surface area contributed by atoms with E-state index in [0.29, 0.717) is 39.0 Å². The lowest BCUT2D eigenvalue weighted by atomic mass is 9.87. The Balaban J connectivity index is 0.000000632. The molecule has 0 radical (unpaired) electrons. The molecule has 51 heavy (non-hydrogen) atoms. The fraction of sp³-hybridized carbons (Fsp3) is 0.707. The molecule has 3 atom stereocenters. The minimum Gasteiger partial charge on any atom is -0.467 e. The maximum atomic E-state index is 12.2. The molecule has 1 aromatic carbocycles. The Morgan fingerprint density at radius 3 is 2.29 bits per heavy atom. The molecular formula is C41H68N4O6. The second-order valence-electron chi connectivity index (χ2n) is 14.9. The number of nitrogens with one attached hydrogen (secondary N) is 2. The Kier molecular flexibility index (Phi) is 21.9. The van der Waals surface area contributed by atoms with Gasteiger partial charge in [0.25, 0.3) is 6.47 Å². The Morgan fingerprint density at radius 1 is 1.00 bits per heavy atom. The topological polar surface area (TPSA) is 117 Å². The number of hydrogen-bond acceptors (Lipinski definition) is 8. The van der Waals surface area contributed by atoms with Crippen molar-refractivity contribution in [3.05, 3.63) is 34.9 Å². The zero-order valence-electron chi connectivity index (χ0n) is 33.2. The number of fused-ring (bicyclic) bond motifs is 1. The first kappa shape index (κ1) is 45.4. The molecule has 3 rings (SSSR count). The Bertz CT molecular complexity index is 1250. The van der Waals surface area contributed by atoms with Gasteiger partial charge in [0.05, 0.1) is 44.4 Å². The summed E-state index contributed by atoms with van der Waals surface area (Å²) in [5.41, 5.74) is 3.48. The van der Waals surface area contributed by atoms with Crippen molar-refractivity contribution in [2.45, 2.75) is 157 Å². The van der Waals surface area contributed by atoms with E-state index in [4.69, 9.17) is 9.47 Å². The van der Waals surface area contributed by atoms with Crippen molar-refractivity contribution in [3.8, 4) is 12.2 Å². The number of Topliss-reactive ketones (excluding diaryl/α,β-unsaturated/α-hetero) is 1. The lowest BCUT2D eigenvalue weighted by molar-refractivity contribution is -0.132. The highest BCUT2D eigenvalue weighted by Crippen LogP contribution is 2.28. The van der Waals surface area contributed by atoms with Gasteiger partial charge in [-0.15, -0.1) is 0 Å². The number of rotatable bonds is 19. The van der Waals surface area contributed by atoms with E-state index in [1.54, 1.807) is 14.0 Å². The number of benzene rings is 1. The predicted molar refractivity (Wildman–Crippen MR) is 204 cm³/mol. The molecule has 10 nitrogen and oxygen atoms in total. The Labute approximate surface area is 309 Å². The minimum absolute atomic E-state index is 0.00597. The number of hydrogen-bond donors (Lipinski definition) is 2. The van der Waals surface area contributed by atoms with E-state index >= 15 is 0 Å². The third-order valence-electron chi connectivity index (χ3n) is 9.65. The molecule has 288 valence electrons. The summed E-state index contributed by atoms with van der Waals surface area (Å²) < 4.78 is 10.8.